The van der Waals surface area contributed by atoms with Crippen molar-refractivity contribution in [2.24, 2.45) is 0 Å². The Bertz CT molecular complexity index is 1330. The molecule has 2 aromatic carbocycles. The molecular formula is C26H25N5O3. The molecule has 0 spiro atoms. The molecule has 34 heavy (non-hydrogen) atoms. The third kappa shape index (κ3) is 4.76. The molecule has 0 bridgehead atoms. The monoisotopic (exact) mass is 455 g/mol. The summed E-state index contributed by atoms with van der Waals surface area (Å²) in [5.74, 6) is 3.01. The van der Waals surface area contributed by atoms with Crippen molar-refractivity contribution in [3.63, 3.8) is 0 Å². The van der Waals surface area contributed by atoms with Crippen LogP contribution in [-0.4, -0.2) is 38.6 Å². The van der Waals surface area contributed by atoms with Crippen molar-refractivity contribution in [1.29, 1.82) is 0 Å². The van der Waals surface area contributed by atoms with Crippen molar-refractivity contribution in [1.82, 2.24) is 24.9 Å². The smallest absolute Gasteiger partial charge is 0.160 e. The van der Waals surface area contributed by atoms with Crippen LogP contribution in [0, 0.1) is 0 Å². The van der Waals surface area contributed by atoms with E-state index in [0.29, 0.717) is 18.1 Å². The van der Waals surface area contributed by atoms with Gasteiger partial charge in [-0.05, 0) is 55.0 Å². The number of hydrogen-bond donors (Lipinski definition) is 0. The van der Waals surface area contributed by atoms with Gasteiger partial charge >= 0.3 is 0 Å². The lowest BCUT2D eigenvalue weighted by atomic mass is 10.1. The van der Waals surface area contributed by atoms with Crippen molar-refractivity contribution in [2.45, 2.75) is 26.3 Å². The maximum absolute atomic E-state index is 5.72. The molecule has 2 aliphatic rings. The molecule has 8 heteroatoms. The van der Waals surface area contributed by atoms with Gasteiger partial charge in [-0.3, -0.25) is 4.68 Å². The van der Waals surface area contributed by atoms with Gasteiger partial charge in [0, 0.05) is 17.2 Å². The lowest BCUT2D eigenvalue weighted by Crippen LogP contribution is -2.04. The van der Waals surface area contributed by atoms with E-state index < -0.39 is 0 Å². The van der Waals surface area contributed by atoms with Crippen molar-refractivity contribution in [3.8, 4) is 45.5 Å². The van der Waals surface area contributed by atoms with Crippen LogP contribution in [0.2, 0.25) is 0 Å². The lowest BCUT2D eigenvalue weighted by molar-refractivity contribution is 0.309. The maximum atomic E-state index is 5.72. The highest BCUT2D eigenvalue weighted by molar-refractivity contribution is 5.65. The lowest BCUT2D eigenvalue weighted by Gasteiger charge is -2.05. The fourth-order valence-corrected chi connectivity index (χ4v) is 3.56. The second kappa shape index (κ2) is 9.74. The second-order valence-electron chi connectivity index (χ2n) is 7.92. The minimum absolute atomic E-state index is 0.436. The number of unbranched alkanes of at least 4 members (excludes halogenated alkanes) is 1. The molecule has 0 saturated heterocycles. The summed E-state index contributed by atoms with van der Waals surface area (Å²) in [6.45, 7) is 3.31. The Morgan fingerprint density at radius 2 is 1.62 bits per heavy atom. The summed E-state index contributed by atoms with van der Waals surface area (Å²) < 4.78 is 18.3. The molecule has 0 unspecified atom stereocenters. The highest BCUT2D eigenvalue weighted by atomic mass is 16.5. The predicted molar refractivity (Wildman–Crippen MR) is 128 cm³/mol. The Balaban J connectivity index is 1.29. The van der Waals surface area contributed by atoms with E-state index >= 15 is 0 Å². The Kier molecular flexibility index (Phi) is 6.20. The third-order valence-electron chi connectivity index (χ3n) is 5.46. The maximum Gasteiger partial charge on any atom is 0.160 e. The van der Waals surface area contributed by atoms with Gasteiger partial charge in [0.05, 0.1) is 26.1 Å². The number of imidazole rings is 1. The first-order chi connectivity index (χ1) is 16.7. The highest BCUT2D eigenvalue weighted by Crippen LogP contribution is 2.26. The van der Waals surface area contributed by atoms with E-state index in [1.54, 1.807) is 18.0 Å². The molecule has 8 nitrogen and oxygen atoms in total. The first kappa shape index (κ1) is 21.6. The summed E-state index contributed by atoms with van der Waals surface area (Å²) in [6, 6.07) is 17.5. The summed E-state index contributed by atoms with van der Waals surface area (Å²) in [5, 5.41) is 8.67. The molecule has 0 amide bonds. The van der Waals surface area contributed by atoms with Crippen LogP contribution in [0.3, 0.4) is 0 Å². The number of benzene rings is 2. The van der Waals surface area contributed by atoms with Crippen LogP contribution in [0.15, 0.2) is 71.5 Å². The van der Waals surface area contributed by atoms with Gasteiger partial charge in [0.2, 0.25) is 0 Å². The molecule has 0 N–H and O–H groups in total. The molecule has 0 atom stereocenters. The molecule has 172 valence electrons. The Morgan fingerprint density at radius 1 is 0.882 bits per heavy atom. The van der Waals surface area contributed by atoms with E-state index in [-0.39, 0.29) is 0 Å². The quantitative estimate of drug-likeness (QED) is 0.277. The fraction of sp³-hybridized carbons (Fsp3) is 0.231. The number of hydrogen-bond acceptors (Lipinski definition) is 7. The summed E-state index contributed by atoms with van der Waals surface area (Å²) in [5.41, 5.74) is 4.16. The van der Waals surface area contributed by atoms with Gasteiger partial charge in [-0.2, -0.15) is 5.10 Å². The van der Waals surface area contributed by atoms with Crippen LogP contribution in [0.1, 0.15) is 25.5 Å². The zero-order valence-corrected chi connectivity index (χ0v) is 19.1. The SMILES string of the molecule is CCCCOc1ccc(-c2cc(Cn3cc4nc(-c5ccc(OC)cc5)nc-4cn3)on2)cc1. The predicted octanol–water partition coefficient (Wildman–Crippen LogP) is 5.34. The topological polar surface area (TPSA) is 88.1 Å². The van der Waals surface area contributed by atoms with Crippen molar-refractivity contribution in [3.05, 3.63) is 72.8 Å². The summed E-state index contributed by atoms with van der Waals surface area (Å²) in [7, 11) is 1.64. The number of aromatic nitrogens is 5. The van der Waals surface area contributed by atoms with Gasteiger partial charge in [0.1, 0.15) is 35.1 Å². The van der Waals surface area contributed by atoms with E-state index in [0.717, 1.165) is 59.2 Å². The number of ether oxygens (including phenoxy) is 2. The van der Waals surface area contributed by atoms with E-state index in [4.69, 9.17) is 14.0 Å². The first-order valence-electron chi connectivity index (χ1n) is 11.3. The van der Waals surface area contributed by atoms with Crippen LogP contribution in [0.4, 0.5) is 0 Å². The van der Waals surface area contributed by atoms with Gasteiger partial charge in [-0.1, -0.05) is 18.5 Å². The van der Waals surface area contributed by atoms with Crippen LogP contribution in [-0.2, 0) is 6.54 Å². The van der Waals surface area contributed by atoms with Gasteiger partial charge in [-0.15, -0.1) is 0 Å². The minimum atomic E-state index is 0.436. The molecule has 0 saturated carbocycles. The van der Waals surface area contributed by atoms with Crippen LogP contribution >= 0.6 is 0 Å². The van der Waals surface area contributed by atoms with Crippen LogP contribution in [0.25, 0.3) is 34.0 Å². The summed E-state index contributed by atoms with van der Waals surface area (Å²) in [4.78, 5) is 9.24. The summed E-state index contributed by atoms with van der Waals surface area (Å²) >= 11 is 0. The number of methoxy groups -OCH3 is 1. The molecule has 1 aromatic heterocycles. The van der Waals surface area contributed by atoms with E-state index in [1.807, 2.05) is 60.8 Å². The molecule has 0 fully saturated rings. The van der Waals surface area contributed by atoms with Gasteiger partial charge in [-0.25, -0.2) is 9.97 Å². The standard InChI is InChI=1S/C26H25N5O3/c1-3-4-13-33-21-11-5-18(6-12-21)23-14-22(34-30-23)16-31-17-25-24(15-27-31)28-26(29-25)19-7-9-20(32-2)10-8-19/h5-12,14-15,17H,3-4,13,16H2,1-2H3. The van der Waals surface area contributed by atoms with E-state index in [9.17, 15) is 0 Å². The minimum Gasteiger partial charge on any atom is -0.497 e. The molecule has 0 aliphatic carbocycles. The average molecular weight is 456 g/mol. The van der Waals surface area contributed by atoms with Crippen molar-refractivity contribution >= 4 is 0 Å². The second-order valence-corrected chi connectivity index (χ2v) is 7.92. The molecule has 2 aliphatic heterocycles. The summed E-state index contributed by atoms with van der Waals surface area (Å²) in [6.07, 6.45) is 5.73. The average Bonchev–Trinajstić information content (AvgIpc) is 3.52. The molecule has 3 aromatic rings. The normalized spacial score (nSPS) is 11.1. The Morgan fingerprint density at radius 3 is 2.38 bits per heavy atom. The largest absolute Gasteiger partial charge is 0.497 e. The van der Waals surface area contributed by atoms with Crippen LogP contribution < -0.4 is 9.47 Å². The van der Waals surface area contributed by atoms with Crippen molar-refractivity contribution < 1.29 is 14.0 Å². The van der Waals surface area contributed by atoms with E-state index in [2.05, 4.69) is 27.1 Å². The number of rotatable bonds is 9. The van der Waals surface area contributed by atoms with Gasteiger partial charge in [0.25, 0.3) is 0 Å². The van der Waals surface area contributed by atoms with Crippen LogP contribution in [0.5, 0.6) is 11.5 Å². The zero-order chi connectivity index (χ0) is 23.3. The van der Waals surface area contributed by atoms with E-state index in [1.165, 1.54) is 0 Å². The molecule has 5 rings (SSSR count). The molecule has 0 radical (unpaired) electrons. The third-order valence-corrected chi connectivity index (χ3v) is 5.46. The molecular weight excluding hydrogens is 430 g/mol. The van der Waals surface area contributed by atoms with Crippen molar-refractivity contribution in [2.75, 3.05) is 13.7 Å². The Labute approximate surface area is 197 Å². The Hall–Kier alpha value is -4.20. The number of nitrogens with zero attached hydrogens (tertiary/aromatic N) is 5. The van der Waals surface area contributed by atoms with Gasteiger partial charge < -0.3 is 14.0 Å². The van der Waals surface area contributed by atoms with Gasteiger partial charge in [0.15, 0.2) is 11.6 Å². The first-order valence-corrected chi connectivity index (χ1v) is 11.3. The fourth-order valence-electron chi connectivity index (χ4n) is 3.56. The number of fused-ring (bicyclic) bond motifs is 1. The zero-order valence-electron chi connectivity index (χ0n) is 19.1. The highest BCUT2D eigenvalue weighted by Gasteiger charge is 2.15. The molecule has 3 heterocycles.